The minimum Gasteiger partial charge on any atom is -0.467 e. The fourth-order valence-corrected chi connectivity index (χ4v) is 5.89. The summed E-state index contributed by atoms with van der Waals surface area (Å²) < 4.78 is 21.3. The van der Waals surface area contributed by atoms with Crippen molar-refractivity contribution in [2.24, 2.45) is 0 Å². The van der Waals surface area contributed by atoms with Crippen molar-refractivity contribution in [2.75, 3.05) is 33.5 Å². The summed E-state index contributed by atoms with van der Waals surface area (Å²) in [7, 11) is 1.19. The lowest BCUT2D eigenvalue weighted by Crippen LogP contribution is -2.58. The molecule has 5 amide bonds. The Balaban J connectivity index is 1.71. The molecule has 0 spiro atoms. The first-order valence-electron chi connectivity index (χ1n) is 18.8. The number of amides is 5. The summed E-state index contributed by atoms with van der Waals surface area (Å²) in [6, 6.07) is 11.4. The number of hydrogen-bond donors (Lipinski definition) is 5. The predicted octanol–water partition coefficient (Wildman–Crippen LogP) is 4.07. The quantitative estimate of drug-likeness (QED) is 0.0744. The zero-order valence-electron chi connectivity index (χ0n) is 33.0. The molecule has 15 heteroatoms. The Kier molecular flexibility index (Phi) is 17.4. The van der Waals surface area contributed by atoms with Gasteiger partial charge in [-0.1, -0.05) is 61.9 Å². The summed E-state index contributed by atoms with van der Waals surface area (Å²) in [5.74, 6) is -2.88. The molecule has 55 heavy (non-hydrogen) atoms. The Morgan fingerprint density at radius 2 is 1.33 bits per heavy atom. The van der Waals surface area contributed by atoms with Crippen molar-refractivity contribution in [3.63, 3.8) is 0 Å². The molecule has 0 fully saturated rings. The summed E-state index contributed by atoms with van der Waals surface area (Å²) in [5, 5.41) is 13.1. The molecule has 0 saturated carbocycles. The van der Waals surface area contributed by atoms with Crippen molar-refractivity contribution in [3.05, 3.63) is 59.7 Å². The van der Waals surface area contributed by atoms with E-state index in [4.69, 9.17) is 14.2 Å². The highest BCUT2D eigenvalue weighted by molar-refractivity contribution is 5.94. The molecule has 1 aliphatic rings. The fourth-order valence-electron chi connectivity index (χ4n) is 5.89. The number of nitrogens with one attached hydrogen (secondary N) is 5. The molecular weight excluding hydrogens is 710 g/mol. The fraction of sp³-hybridized carbons (Fsp3) is 0.550. The monoisotopic (exact) mass is 767 g/mol. The number of carbonyl (C=O) groups excluding carboxylic acids is 6. The lowest BCUT2D eigenvalue weighted by molar-refractivity contribution is -0.144. The lowest BCUT2D eigenvalue weighted by atomic mass is 9.98. The molecule has 302 valence electrons. The van der Waals surface area contributed by atoms with E-state index in [0.717, 1.165) is 35.1 Å². The molecule has 0 saturated heterocycles. The highest BCUT2D eigenvalue weighted by Crippen LogP contribution is 2.44. The topological polar surface area (TPSA) is 199 Å². The molecule has 2 aromatic rings. The first-order valence-corrected chi connectivity index (χ1v) is 18.8. The van der Waals surface area contributed by atoms with Crippen molar-refractivity contribution in [3.8, 4) is 11.1 Å². The summed E-state index contributed by atoms with van der Waals surface area (Å²) in [6.07, 6.45) is 1.16. The van der Waals surface area contributed by atoms with Gasteiger partial charge in [-0.3, -0.25) is 14.4 Å². The van der Waals surface area contributed by atoms with Gasteiger partial charge in [-0.05, 0) is 82.6 Å². The molecule has 0 aliphatic heterocycles. The van der Waals surface area contributed by atoms with Gasteiger partial charge in [0.05, 0.1) is 13.7 Å². The van der Waals surface area contributed by atoms with Gasteiger partial charge in [-0.15, -0.1) is 0 Å². The van der Waals surface area contributed by atoms with E-state index in [2.05, 4.69) is 31.3 Å². The van der Waals surface area contributed by atoms with E-state index in [1.165, 1.54) is 21.0 Å². The van der Waals surface area contributed by atoms with Crippen LogP contribution < -0.4 is 26.6 Å². The van der Waals surface area contributed by atoms with E-state index in [-0.39, 0.29) is 32.1 Å². The molecular formula is C40H57N5O10. The number of esters is 1. The summed E-state index contributed by atoms with van der Waals surface area (Å²) in [4.78, 5) is 77.2. The maximum Gasteiger partial charge on any atom is 0.407 e. The predicted molar refractivity (Wildman–Crippen MR) is 205 cm³/mol. The molecule has 1 aliphatic carbocycles. The van der Waals surface area contributed by atoms with Crippen LogP contribution in [0.3, 0.4) is 0 Å². The summed E-state index contributed by atoms with van der Waals surface area (Å²) >= 11 is 0. The minimum absolute atomic E-state index is 0.0266. The normalized spacial score (nSPS) is 14.2. The van der Waals surface area contributed by atoms with Crippen LogP contribution in [-0.2, 0) is 38.1 Å². The Morgan fingerprint density at radius 3 is 1.93 bits per heavy atom. The Hall–Kier alpha value is -5.18. The van der Waals surface area contributed by atoms with Crippen molar-refractivity contribution < 1.29 is 47.7 Å². The van der Waals surface area contributed by atoms with Crippen LogP contribution in [0.1, 0.15) is 90.7 Å². The van der Waals surface area contributed by atoms with Gasteiger partial charge in [0.25, 0.3) is 0 Å². The smallest absolute Gasteiger partial charge is 0.407 e. The van der Waals surface area contributed by atoms with E-state index in [9.17, 15) is 28.8 Å². The molecule has 0 unspecified atom stereocenters. The van der Waals surface area contributed by atoms with E-state index < -0.39 is 65.6 Å². The summed E-state index contributed by atoms with van der Waals surface area (Å²) in [5.41, 5.74) is 3.54. The SMILES string of the molecule is CCCCOC[C@H](NC(=O)[C@H](CCCCNC(=O)OC(C)(C)C)NC(=O)OCC1c2ccccc2-c2ccccc21)C(=O)N[C@@H](C)C(=O)N[C@@H](C)C(=O)OC. The van der Waals surface area contributed by atoms with Gasteiger partial charge in [0.2, 0.25) is 17.7 Å². The molecule has 0 aromatic heterocycles. The second-order valence-corrected chi connectivity index (χ2v) is 14.4. The van der Waals surface area contributed by atoms with Gasteiger partial charge < -0.3 is 45.5 Å². The average Bonchev–Trinajstić information content (AvgIpc) is 3.46. The van der Waals surface area contributed by atoms with Gasteiger partial charge in [0.1, 0.15) is 36.4 Å². The number of alkyl carbamates (subject to hydrolysis) is 2. The Morgan fingerprint density at radius 1 is 0.727 bits per heavy atom. The second kappa shape index (κ2) is 21.6. The third kappa shape index (κ3) is 14.2. The molecule has 4 atom stereocenters. The van der Waals surface area contributed by atoms with Crippen LogP contribution in [0, 0.1) is 0 Å². The van der Waals surface area contributed by atoms with Gasteiger partial charge in [0.15, 0.2) is 0 Å². The Bertz CT molecular complexity index is 1580. The molecule has 3 rings (SSSR count). The van der Waals surface area contributed by atoms with Crippen LogP contribution in [0.25, 0.3) is 11.1 Å². The van der Waals surface area contributed by atoms with Crippen LogP contribution in [0.5, 0.6) is 0 Å². The number of unbranched alkanes of at least 4 members (excludes halogenated alkanes) is 2. The van der Waals surface area contributed by atoms with Gasteiger partial charge in [0, 0.05) is 19.1 Å². The van der Waals surface area contributed by atoms with E-state index in [1.54, 1.807) is 20.8 Å². The highest BCUT2D eigenvalue weighted by Gasteiger charge is 2.32. The third-order valence-electron chi connectivity index (χ3n) is 8.77. The summed E-state index contributed by atoms with van der Waals surface area (Å²) in [6.45, 7) is 10.5. The van der Waals surface area contributed by atoms with E-state index >= 15 is 0 Å². The van der Waals surface area contributed by atoms with Crippen molar-refractivity contribution >= 4 is 35.9 Å². The highest BCUT2D eigenvalue weighted by atomic mass is 16.6. The number of rotatable bonds is 20. The largest absolute Gasteiger partial charge is 0.467 e. The standard InChI is InChI=1S/C40H57N5O10/c1-8-9-22-53-24-33(36(48)42-25(2)34(46)43-26(3)37(49)52-7)44-35(47)32(20-14-15-21-41-38(50)55-40(4,5)6)45-39(51)54-23-31-29-18-12-10-16-27(29)28-17-11-13-19-30(28)31/h10-13,16-19,25-26,31-33H,8-9,14-15,20-24H2,1-7H3,(H,41,50)(H,42,48)(H,43,46)(H,44,47)(H,45,51)/t25-,26-,32-,33-/m0/s1. The molecule has 0 heterocycles. The number of fused-ring (bicyclic) bond motifs is 3. The van der Waals surface area contributed by atoms with Crippen molar-refractivity contribution in [2.45, 2.75) is 109 Å². The number of ether oxygens (including phenoxy) is 4. The first-order chi connectivity index (χ1) is 26.1. The second-order valence-electron chi connectivity index (χ2n) is 14.4. The van der Waals surface area contributed by atoms with Crippen molar-refractivity contribution in [1.29, 1.82) is 0 Å². The Labute approximate surface area is 323 Å². The molecule has 15 nitrogen and oxygen atoms in total. The molecule has 5 N–H and O–H groups in total. The van der Waals surface area contributed by atoms with E-state index in [0.29, 0.717) is 19.4 Å². The van der Waals surface area contributed by atoms with Crippen LogP contribution in [0.2, 0.25) is 0 Å². The third-order valence-corrected chi connectivity index (χ3v) is 8.77. The van der Waals surface area contributed by atoms with Gasteiger partial charge >= 0.3 is 18.2 Å². The number of hydrogen-bond acceptors (Lipinski definition) is 10. The van der Waals surface area contributed by atoms with Gasteiger partial charge in [-0.2, -0.15) is 0 Å². The maximum absolute atomic E-state index is 13.8. The molecule has 0 radical (unpaired) electrons. The zero-order valence-corrected chi connectivity index (χ0v) is 33.0. The molecule has 2 aromatic carbocycles. The van der Waals surface area contributed by atoms with E-state index in [1.807, 2.05) is 55.5 Å². The maximum atomic E-state index is 13.8. The number of carbonyl (C=O) groups is 6. The lowest BCUT2D eigenvalue weighted by Gasteiger charge is -2.25. The van der Waals surface area contributed by atoms with Gasteiger partial charge in [-0.25, -0.2) is 14.4 Å². The first kappa shape index (κ1) is 44.2. The van der Waals surface area contributed by atoms with Crippen LogP contribution in [-0.4, -0.2) is 99.1 Å². The average molecular weight is 768 g/mol. The number of methoxy groups -OCH3 is 1. The van der Waals surface area contributed by atoms with Crippen LogP contribution >= 0.6 is 0 Å². The number of benzene rings is 2. The van der Waals surface area contributed by atoms with Crippen LogP contribution in [0.15, 0.2) is 48.5 Å². The van der Waals surface area contributed by atoms with Crippen molar-refractivity contribution in [1.82, 2.24) is 26.6 Å². The minimum atomic E-state index is -1.24. The zero-order chi connectivity index (χ0) is 40.5. The molecule has 0 bridgehead atoms. The van der Waals surface area contributed by atoms with Crippen LogP contribution in [0.4, 0.5) is 9.59 Å².